The predicted molar refractivity (Wildman–Crippen MR) is 91.1 cm³/mol. The average molecular weight is 411 g/mol. The molecule has 5 nitrogen and oxygen atoms in total. The maximum Gasteiger partial charge on any atom is 0.337 e. The maximum absolute atomic E-state index is 11.9. The number of ether oxygens (including phenoxy) is 2. The van der Waals surface area contributed by atoms with Gasteiger partial charge in [-0.05, 0) is 59.0 Å². The second kappa shape index (κ2) is 7.79. The molecule has 0 unspecified atom stereocenters. The van der Waals surface area contributed by atoms with E-state index in [-0.39, 0.29) is 12.5 Å². The third-order valence-corrected chi connectivity index (χ3v) is 3.40. The minimum Gasteiger partial charge on any atom is -0.484 e. The first-order valence-corrected chi connectivity index (χ1v) is 7.53. The molecule has 0 aliphatic carbocycles. The highest BCUT2D eigenvalue weighted by molar-refractivity contribution is 14.1. The molecule has 1 amide bonds. The topological polar surface area (TPSA) is 64.6 Å². The number of methoxy groups -OCH3 is 1. The van der Waals surface area contributed by atoms with E-state index in [1.165, 1.54) is 7.11 Å². The van der Waals surface area contributed by atoms with Crippen molar-refractivity contribution in [3.63, 3.8) is 0 Å². The van der Waals surface area contributed by atoms with Crippen LogP contribution in [0.5, 0.6) is 5.75 Å². The van der Waals surface area contributed by atoms with Crippen molar-refractivity contribution >= 4 is 40.2 Å². The molecule has 0 aromatic heterocycles. The predicted octanol–water partition coefficient (Wildman–Crippen LogP) is 3.10. The van der Waals surface area contributed by atoms with E-state index in [0.29, 0.717) is 17.0 Å². The summed E-state index contributed by atoms with van der Waals surface area (Å²) in [5, 5.41) is 2.67. The summed E-state index contributed by atoms with van der Waals surface area (Å²) in [7, 11) is 1.31. The fourth-order valence-electron chi connectivity index (χ4n) is 1.74. The zero-order chi connectivity index (χ0) is 15.9. The zero-order valence-electron chi connectivity index (χ0n) is 11.8. The molecule has 2 rings (SSSR count). The van der Waals surface area contributed by atoms with Crippen molar-refractivity contribution in [3.05, 3.63) is 57.7 Å². The molecule has 0 fully saturated rings. The van der Waals surface area contributed by atoms with E-state index in [0.717, 1.165) is 3.57 Å². The molecular formula is C16H14INO4. The van der Waals surface area contributed by atoms with Crippen LogP contribution in [0.3, 0.4) is 0 Å². The first kappa shape index (κ1) is 16.3. The Bertz CT molecular complexity index is 687. The van der Waals surface area contributed by atoms with Crippen LogP contribution >= 0.6 is 22.6 Å². The van der Waals surface area contributed by atoms with E-state index < -0.39 is 5.97 Å². The van der Waals surface area contributed by atoms with Gasteiger partial charge in [0.1, 0.15) is 5.75 Å². The number of rotatable bonds is 5. The Morgan fingerprint density at radius 2 is 1.91 bits per heavy atom. The van der Waals surface area contributed by atoms with Crippen molar-refractivity contribution in [3.8, 4) is 5.75 Å². The lowest BCUT2D eigenvalue weighted by Gasteiger charge is -2.08. The fourth-order valence-corrected chi connectivity index (χ4v) is 2.26. The molecular weight excluding hydrogens is 397 g/mol. The van der Waals surface area contributed by atoms with Crippen molar-refractivity contribution in [1.29, 1.82) is 0 Å². The van der Waals surface area contributed by atoms with Gasteiger partial charge in [0, 0.05) is 9.26 Å². The molecule has 2 aromatic rings. The fraction of sp³-hybridized carbons (Fsp3) is 0.125. The van der Waals surface area contributed by atoms with Gasteiger partial charge in [-0.25, -0.2) is 4.79 Å². The lowest BCUT2D eigenvalue weighted by atomic mass is 10.2. The number of hydrogen-bond donors (Lipinski definition) is 1. The Kier molecular flexibility index (Phi) is 5.76. The van der Waals surface area contributed by atoms with Gasteiger partial charge in [0.2, 0.25) is 0 Å². The van der Waals surface area contributed by atoms with E-state index in [2.05, 4.69) is 32.6 Å². The molecule has 0 radical (unpaired) electrons. The number of hydrogen-bond acceptors (Lipinski definition) is 4. The number of carbonyl (C=O) groups excluding carboxylic acids is 2. The summed E-state index contributed by atoms with van der Waals surface area (Å²) in [6.45, 7) is -0.109. The number of benzene rings is 2. The Balaban J connectivity index is 1.93. The van der Waals surface area contributed by atoms with Crippen LogP contribution in [-0.4, -0.2) is 25.6 Å². The van der Waals surface area contributed by atoms with Crippen molar-refractivity contribution in [2.24, 2.45) is 0 Å². The molecule has 0 spiro atoms. The smallest absolute Gasteiger partial charge is 0.337 e. The van der Waals surface area contributed by atoms with Gasteiger partial charge in [0.05, 0.1) is 12.7 Å². The van der Waals surface area contributed by atoms with E-state index in [1.54, 1.807) is 30.3 Å². The summed E-state index contributed by atoms with van der Waals surface area (Å²) in [6, 6.07) is 13.9. The van der Waals surface area contributed by atoms with Gasteiger partial charge in [-0.1, -0.05) is 12.1 Å². The second-order valence-electron chi connectivity index (χ2n) is 4.37. The summed E-state index contributed by atoms with van der Waals surface area (Å²) in [5.41, 5.74) is 0.887. The van der Waals surface area contributed by atoms with E-state index in [4.69, 9.17) is 4.74 Å². The second-order valence-corrected chi connectivity index (χ2v) is 5.61. The first-order chi connectivity index (χ1) is 10.6. The molecule has 2 aromatic carbocycles. The van der Waals surface area contributed by atoms with Gasteiger partial charge in [-0.3, -0.25) is 4.79 Å². The molecule has 0 heterocycles. The highest BCUT2D eigenvalue weighted by atomic mass is 127. The van der Waals surface area contributed by atoms with E-state index in [9.17, 15) is 9.59 Å². The molecule has 0 saturated carbocycles. The Hall–Kier alpha value is -2.09. The molecule has 0 bridgehead atoms. The molecule has 0 saturated heterocycles. The van der Waals surface area contributed by atoms with Gasteiger partial charge in [-0.2, -0.15) is 0 Å². The normalized spacial score (nSPS) is 9.91. The number of amides is 1. The monoisotopic (exact) mass is 411 g/mol. The minimum atomic E-state index is -0.453. The SMILES string of the molecule is COC(=O)c1cccc(NC(=O)COc2cccc(I)c2)c1. The molecule has 114 valence electrons. The van der Waals surface area contributed by atoms with Crippen LogP contribution in [0.4, 0.5) is 5.69 Å². The lowest BCUT2D eigenvalue weighted by Crippen LogP contribution is -2.20. The Morgan fingerprint density at radius 3 is 2.64 bits per heavy atom. The van der Waals surface area contributed by atoms with Gasteiger partial charge >= 0.3 is 5.97 Å². The zero-order valence-corrected chi connectivity index (χ0v) is 14.0. The van der Waals surface area contributed by atoms with E-state index in [1.807, 2.05) is 18.2 Å². The molecule has 22 heavy (non-hydrogen) atoms. The van der Waals surface area contributed by atoms with E-state index >= 15 is 0 Å². The lowest BCUT2D eigenvalue weighted by molar-refractivity contribution is -0.118. The first-order valence-electron chi connectivity index (χ1n) is 6.45. The van der Waals surface area contributed by atoms with Crippen LogP contribution in [-0.2, 0) is 9.53 Å². The van der Waals surface area contributed by atoms with Crippen LogP contribution in [0, 0.1) is 3.57 Å². The highest BCUT2D eigenvalue weighted by Gasteiger charge is 2.08. The summed E-state index contributed by atoms with van der Waals surface area (Å²) in [4.78, 5) is 23.3. The minimum absolute atomic E-state index is 0.109. The number of carbonyl (C=O) groups is 2. The quantitative estimate of drug-likeness (QED) is 0.607. The van der Waals surface area contributed by atoms with Crippen LogP contribution in [0.15, 0.2) is 48.5 Å². The third-order valence-electron chi connectivity index (χ3n) is 2.73. The molecule has 1 N–H and O–H groups in total. The van der Waals surface area contributed by atoms with Gasteiger partial charge in [0.25, 0.3) is 5.91 Å². The molecule has 0 atom stereocenters. The summed E-state index contributed by atoms with van der Waals surface area (Å²) in [5.74, 6) is -0.127. The Morgan fingerprint density at radius 1 is 1.14 bits per heavy atom. The highest BCUT2D eigenvalue weighted by Crippen LogP contribution is 2.15. The van der Waals surface area contributed by atoms with Gasteiger partial charge in [0.15, 0.2) is 6.61 Å². The standard InChI is InChI=1S/C16H14INO4/c1-21-16(20)11-4-2-6-13(8-11)18-15(19)10-22-14-7-3-5-12(17)9-14/h2-9H,10H2,1H3,(H,18,19). The third kappa shape index (κ3) is 4.73. The van der Waals surface area contributed by atoms with Gasteiger partial charge < -0.3 is 14.8 Å². The molecule has 6 heteroatoms. The van der Waals surface area contributed by atoms with Crippen molar-refractivity contribution < 1.29 is 19.1 Å². The summed E-state index contributed by atoms with van der Waals surface area (Å²) >= 11 is 2.17. The number of nitrogens with one attached hydrogen (secondary N) is 1. The summed E-state index contributed by atoms with van der Waals surface area (Å²) < 4.78 is 11.1. The van der Waals surface area contributed by atoms with Crippen LogP contribution in [0.2, 0.25) is 0 Å². The van der Waals surface area contributed by atoms with Crippen molar-refractivity contribution in [1.82, 2.24) is 0 Å². The number of esters is 1. The van der Waals surface area contributed by atoms with Crippen molar-refractivity contribution in [2.45, 2.75) is 0 Å². The largest absolute Gasteiger partial charge is 0.484 e. The molecule has 0 aliphatic heterocycles. The number of halogens is 1. The summed E-state index contributed by atoms with van der Waals surface area (Å²) in [6.07, 6.45) is 0. The number of anilines is 1. The molecule has 0 aliphatic rings. The average Bonchev–Trinajstić information content (AvgIpc) is 2.52. The van der Waals surface area contributed by atoms with Crippen LogP contribution < -0.4 is 10.1 Å². The Labute approximate surface area is 141 Å². The van der Waals surface area contributed by atoms with Gasteiger partial charge in [-0.15, -0.1) is 0 Å². The van der Waals surface area contributed by atoms with Crippen LogP contribution in [0.25, 0.3) is 0 Å². The van der Waals surface area contributed by atoms with Crippen LogP contribution in [0.1, 0.15) is 10.4 Å². The van der Waals surface area contributed by atoms with Crippen molar-refractivity contribution in [2.75, 3.05) is 19.0 Å². The maximum atomic E-state index is 11.9.